The minimum Gasteiger partial charge on any atom is -0.465 e. The molecule has 2 atom stereocenters. The van der Waals surface area contributed by atoms with Crippen LogP contribution in [0.4, 0.5) is 0 Å². The Balaban J connectivity index is 2.14. The van der Waals surface area contributed by atoms with Crippen molar-refractivity contribution in [2.45, 2.75) is 31.9 Å². The predicted molar refractivity (Wildman–Crippen MR) is 59.3 cm³/mol. The lowest BCUT2D eigenvalue weighted by Gasteiger charge is -2.16. The minimum absolute atomic E-state index is 0.194. The van der Waals surface area contributed by atoms with Crippen LogP contribution in [-0.4, -0.2) is 51.6 Å². The van der Waals surface area contributed by atoms with Gasteiger partial charge in [-0.25, -0.2) is 0 Å². The highest BCUT2D eigenvalue weighted by Gasteiger charge is 2.20. The molecule has 0 bridgehead atoms. The molecule has 2 unspecified atom stereocenters. The summed E-state index contributed by atoms with van der Waals surface area (Å²) < 4.78 is 15.8. The average Bonchev–Trinajstić information content (AvgIpc) is 2.77. The van der Waals surface area contributed by atoms with Crippen LogP contribution < -0.4 is 5.32 Å². The Labute approximate surface area is 96.4 Å². The van der Waals surface area contributed by atoms with Gasteiger partial charge in [0.05, 0.1) is 25.9 Å². The Morgan fingerprint density at radius 3 is 3.00 bits per heavy atom. The van der Waals surface area contributed by atoms with Crippen molar-refractivity contribution >= 4 is 5.97 Å². The molecule has 0 aromatic heterocycles. The molecule has 0 amide bonds. The highest BCUT2D eigenvalue weighted by atomic mass is 16.5. The molecule has 94 valence electrons. The molecule has 0 saturated carbocycles. The molecule has 1 aliphatic heterocycles. The van der Waals surface area contributed by atoms with Crippen molar-refractivity contribution < 1.29 is 19.0 Å². The standard InChI is InChI=1S/C11H21NO4/c1-3-15-11(13)10(12-2)8-14-7-9-5-4-6-16-9/h9-10,12H,3-8H2,1-2H3. The molecule has 0 aliphatic carbocycles. The number of carbonyl (C=O) groups excluding carboxylic acids is 1. The zero-order chi connectivity index (χ0) is 11.8. The third-order valence-electron chi connectivity index (χ3n) is 2.53. The second-order valence-corrected chi connectivity index (χ2v) is 3.77. The van der Waals surface area contributed by atoms with Gasteiger partial charge < -0.3 is 19.5 Å². The second-order valence-electron chi connectivity index (χ2n) is 3.77. The molecule has 5 heteroatoms. The van der Waals surface area contributed by atoms with Gasteiger partial charge in [-0.05, 0) is 26.8 Å². The molecule has 0 aromatic rings. The topological polar surface area (TPSA) is 56.8 Å². The molecule has 1 fully saturated rings. The molecule has 0 spiro atoms. The zero-order valence-electron chi connectivity index (χ0n) is 10.0. The molecule has 16 heavy (non-hydrogen) atoms. The third kappa shape index (κ3) is 4.47. The monoisotopic (exact) mass is 231 g/mol. The second kappa shape index (κ2) is 7.60. The van der Waals surface area contributed by atoms with Crippen molar-refractivity contribution in [1.29, 1.82) is 0 Å². The summed E-state index contributed by atoms with van der Waals surface area (Å²) in [5, 5.41) is 2.87. The number of esters is 1. The summed E-state index contributed by atoms with van der Waals surface area (Å²) in [6.07, 6.45) is 2.34. The highest BCUT2D eigenvalue weighted by Crippen LogP contribution is 2.11. The summed E-state index contributed by atoms with van der Waals surface area (Å²) in [6, 6.07) is -0.388. The normalized spacial score (nSPS) is 22.0. The van der Waals surface area contributed by atoms with Crippen LogP contribution in [0.15, 0.2) is 0 Å². The van der Waals surface area contributed by atoms with Crippen molar-refractivity contribution in [1.82, 2.24) is 5.32 Å². The minimum atomic E-state index is -0.388. The fourth-order valence-electron chi connectivity index (χ4n) is 1.61. The smallest absolute Gasteiger partial charge is 0.325 e. The van der Waals surface area contributed by atoms with Crippen molar-refractivity contribution in [3.8, 4) is 0 Å². The predicted octanol–water partition coefficient (Wildman–Crippen LogP) is 0.333. The van der Waals surface area contributed by atoms with E-state index in [4.69, 9.17) is 14.2 Å². The summed E-state index contributed by atoms with van der Waals surface area (Å²) >= 11 is 0. The lowest BCUT2D eigenvalue weighted by molar-refractivity contribution is -0.147. The Bertz CT molecular complexity index is 204. The van der Waals surface area contributed by atoms with Crippen LogP contribution in [0.5, 0.6) is 0 Å². The van der Waals surface area contributed by atoms with Crippen molar-refractivity contribution in [3.05, 3.63) is 0 Å². The van der Waals surface area contributed by atoms with Crippen LogP contribution in [-0.2, 0) is 19.0 Å². The van der Waals surface area contributed by atoms with Gasteiger partial charge in [0.25, 0.3) is 0 Å². The van der Waals surface area contributed by atoms with Crippen LogP contribution in [0.25, 0.3) is 0 Å². The van der Waals surface area contributed by atoms with Gasteiger partial charge >= 0.3 is 5.97 Å². The first kappa shape index (κ1) is 13.4. The molecule has 5 nitrogen and oxygen atoms in total. The SMILES string of the molecule is CCOC(=O)C(COCC1CCCO1)NC. The summed E-state index contributed by atoms with van der Waals surface area (Å²) in [5.41, 5.74) is 0. The van der Waals surface area contributed by atoms with E-state index in [0.717, 1.165) is 19.4 Å². The molecule has 1 saturated heterocycles. The average molecular weight is 231 g/mol. The van der Waals surface area contributed by atoms with E-state index in [1.807, 2.05) is 0 Å². The van der Waals surface area contributed by atoms with Crippen LogP contribution in [0.1, 0.15) is 19.8 Å². The quantitative estimate of drug-likeness (QED) is 0.640. The molecule has 0 radical (unpaired) electrons. The van der Waals surface area contributed by atoms with Crippen molar-refractivity contribution in [3.63, 3.8) is 0 Å². The molecule has 1 rings (SSSR count). The largest absolute Gasteiger partial charge is 0.465 e. The number of carbonyl (C=O) groups is 1. The Kier molecular flexibility index (Phi) is 6.37. The van der Waals surface area contributed by atoms with Gasteiger partial charge in [0.1, 0.15) is 6.04 Å². The summed E-state index contributed by atoms with van der Waals surface area (Å²) in [6.45, 7) is 3.88. The number of hydrogen-bond donors (Lipinski definition) is 1. The maximum absolute atomic E-state index is 11.4. The molecule has 1 N–H and O–H groups in total. The number of rotatable bonds is 7. The molecular formula is C11H21NO4. The van der Waals surface area contributed by atoms with Gasteiger partial charge in [0.15, 0.2) is 0 Å². The molecule has 1 aliphatic rings. The number of likely N-dealkylation sites (N-methyl/N-ethyl adjacent to an activating group) is 1. The molecule has 1 heterocycles. The highest BCUT2D eigenvalue weighted by molar-refractivity contribution is 5.75. The Morgan fingerprint density at radius 1 is 1.62 bits per heavy atom. The first-order valence-electron chi connectivity index (χ1n) is 5.81. The summed E-state index contributed by atoms with van der Waals surface area (Å²) in [4.78, 5) is 11.4. The number of nitrogens with one attached hydrogen (secondary N) is 1. The van der Waals surface area contributed by atoms with E-state index in [9.17, 15) is 4.79 Å². The van der Waals surface area contributed by atoms with E-state index in [-0.39, 0.29) is 18.1 Å². The van der Waals surface area contributed by atoms with Crippen LogP contribution >= 0.6 is 0 Å². The first-order valence-corrected chi connectivity index (χ1v) is 5.81. The van der Waals surface area contributed by atoms with E-state index in [1.54, 1.807) is 14.0 Å². The van der Waals surface area contributed by atoms with E-state index in [0.29, 0.717) is 19.8 Å². The van der Waals surface area contributed by atoms with Crippen molar-refractivity contribution in [2.24, 2.45) is 0 Å². The van der Waals surface area contributed by atoms with Gasteiger partial charge in [-0.2, -0.15) is 0 Å². The van der Waals surface area contributed by atoms with Gasteiger partial charge in [-0.15, -0.1) is 0 Å². The summed E-state index contributed by atoms with van der Waals surface area (Å²) in [5.74, 6) is -0.266. The molecular weight excluding hydrogens is 210 g/mol. The van der Waals surface area contributed by atoms with Crippen LogP contribution in [0.3, 0.4) is 0 Å². The lowest BCUT2D eigenvalue weighted by Crippen LogP contribution is -2.40. The summed E-state index contributed by atoms with van der Waals surface area (Å²) in [7, 11) is 1.72. The van der Waals surface area contributed by atoms with Crippen molar-refractivity contribution in [2.75, 3.05) is 33.5 Å². The van der Waals surface area contributed by atoms with E-state index in [1.165, 1.54) is 0 Å². The van der Waals surface area contributed by atoms with Gasteiger partial charge in [-0.1, -0.05) is 0 Å². The van der Waals surface area contributed by atoms with Gasteiger partial charge in [0, 0.05) is 6.61 Å². The van der Waals surface area contributed by atoms with E-state index in [2.05, 4.69) is 5.32 Å². The maximum Gasteiger partial charge on any atom is 0.325 e. The van der Waals surface area contributed by atoms with Gasteiger partial charge in [-0.3, -0.25) is 4.79 Å². The number of ether oxygens (including phenoxy) is 3. The first-order chi connectivity index (χ1) is 7.77. The van der Waals surface area contributed by atoms with Crippen LogP contribution in [0.2, 0.25) is 0 Å². The lowest BCUT2D eigenvalue weighted by atomic mass is 10.2. The van der Waals surface area contributed by atoms with Crippen LogP contribution in [0, 0.1) is 0 Å². The Morgan fingerprint density at radius 2 is 2.44 bits per heavy atom. The van der Waals surface area contributed by atoms with E-state index < -0.39 is 0 Å². The third-order valence-corrected chi connectivity index (χ3v) is 2.53. The fraction of sp³-hybridized carbons (Fsp3) is 0.909. The molecule has 0 aromatic carbocycles. The number of hydrogen-bond acceptors (Lipinski definition) is 5. The van der Waals surface area contributed by atoms with E-state index >= 15 is 0 Å². The fourth-order valence-corrected chi connectivity index (χ4v) is 1.61. The maximum atomic E-state index is 11.4. The van der Waals surface area contributed by atoms with Gasteiger partial charge in [0.2, 0.25) is 0 Å². The zero-order valence-corrected chi connectivity index (χ0v) is 10.0. The Hall–Kier alpha value is -0.650.